The Morgan fingerprint density at radius 1 is 1.47 bits per heavy atom. The van der Waals surface area contributed by atoms with Crippen LogP contribution in [-0.4, -0.2) is 37.5 Å². The molecule has 2 rings (SSSR count). The van der Waals surface area contributed by atoms with Crippen molar-refractivity contribution in [1.82, 2.24) is 10.2 Å². The van der Waals surface area contributed by atoms with E-state index < -0.39 is 0 Å². The number of anilines is 1. The Labute approximate surface area is 118 Å². The van der Waals surface area contributed by atoms with Crippen molar-refractivity contribution in [2.24, 2.45) is 5.92 Å². The number of carbonyl (C=O) groups is 1. The predicted octanol–water partition coefficient (Wildman–Crippen LogP) is 1.99. The van der Waals surface area contributed by atoms with Crippen molar-refractivity contribution in [3.05, 3.63) is 28.8 Å². The van der Waals surface area contributed by atoms with Gasteiger partial charge in [-0.3, -0.25) is 4.79 Å². The largest absolute Gasteiger partial charge is 0.397 e. The lowest BCUT2D eigenvalue weighted by Crippen LogP contribution is -2.37. The number of nitrogen functional groups attached to an aromatic ring is 1. The summed E-state index contributed by atoms with van der Waals surface area (Å²) in [6.07, 6.45) is 2.25. The average molecular weight is 282 g/mol. The third-order valence-corrected chi connectivity index (χ3v) is 4.02. The fourth-order valence-electron chi connectivity index (χ4n) is 2.33. The van der Waals surface area contributed by atoms with Crippen LogP contribution in [0.1, 0.15) is 23.2 Å². The van der Waals surface area contributed by atoms with E-state index >= 15 is 0 Å². The number of nitrogens with zero attached hydrogens (tertiary/aromatic N) is 1. The first-order valence-corrected chi connectivity index (χ1v) is 6.96. The summed E-state index contributed by atoms with van der Waals surface area (Å²) in [4.78, 5) is 14.4. The number of nitrogens with two attached hydrogens (primary N) is 1. The number of hydrogen-bond donors (Lipinski definition) is 2. The second-order valence-electron chi connectivity index (χ2n) is 5.16. The maximum Gasteiger partial charge on any atom is 0.253 e. The maximum atomic E-state index is 12.1. The van der Waals surface area contributed by atoms with Crippen LogP contribution in [0.15, 0.2) is 18.2 Å². The summed E-state index contributed by atoms with van der Waals surface area (Å²) in [6, 6.07) is 5.12. The highest BCUT2D eigenvalue weighted by Crippen LogP contribution is 2.22. The van der Waals surface area contributed by atoms with Crippen molar-refractivity contribution in [1.29, 1.82) is 0 Å². The Bertz CT molecular complexity index is 456. The number of carbonyl (C=O) groups excluding carboxylic acids is 1. The Balaban J connectivity index is 1.89. The molecular weight excluding hydrogens is 262 g/mol. The van der Waals surface area contributed by atoms with Gasteiger partial charge in [0.1, 0.15) is 0 Å². The lowest BCUT2D eigenvalue weighted by atomic mass is 9.97. The Morgan fingerprint density at radius 3 is 2.84 bits per heavy atom. The third kappa shape index (κ3) is 3.61. The minimum Gasteiger partial charge on any atom is -0.397 e. The van der Waals surface area contributed by atoms with Crippen molar-refractivity contribution in [3.8, 4) is 0 Å². The van der Waals surface area contributed by atoms with Crippen LogP contribution >= 0.6 is 11.6 Å². The third-order valence-electron chi connectivity index (χ3n) is 3.69. The van der Waals surface area contributed by atoms with E-state index in [0.29, 0.717) is 28.7 Å². The first-order chi connectivity index (χ1) is 9.08. The molecule has 1 aliphatic heterocycles. The van der Waals surface area contributed by atoms with Crippen LogP contribution in [0, 0.1) is 5.92 Å². The number of amides is 1. The molecule has 1 heterocycles. The molecule has 5 heteroatoms. The van der Waals surface area contributed by atoms with Gasteiger partial charge in [-0.1, -0.05) is 17.7 Å². The topological polar surface area (TPSA) is 58.4 Å². The molecule has 1 aromatic rings. The Morgan fingerprint density at radius 2 is 2.16 bits per heavy atom. The van der Waals surface area contributed by atoms with Gasteiger partial charge < -0.3 is 16.0 Å². The average Bonchev–Trinajstić information content (AvgIpc) is 2.41. The lowest BCUT2D eigenvalue weighted by molar-refractivity contribution is 0.0940. The van der Waals surface area contributed by atoms with E-state index in [-0.39, 0.29) is 5.91 Å². The van der Waals surface area contributed by atoms with Crippen LogP contribution in [0.25, 0.3) is 0 Å². The summed E-state index contributed by atoms with van der Waals surface area (Å²) >= 11 is 5.91. The van der Waals surface area contributed by atoms with E-state index in [1.165, 1.54) is 0 Å². The summed E-state index contributed by atoms with van der Waals surface area (Å²) in [5.41, 5.74) is 6.62. The van der Waals surface area contributed by atoms with Crippen molar-refractivity contribution in [2.75, 3.05) is 32.4 Å². The van der Waals surface area contributed by atoms with E-state index in [2.05, 4.69) is 17.3 Å². The first-order valence-electron chi connectivity index (χ1n) is 6.58. The molecule has 1 amide bonds. The predicted molar refractivity (Wildman–Crippen MR) is 78.4 cm³/mol. The summed E-state index contributed by atoms with van der Waals surface area (Å²) in [6.45, 7) is 2.90. The molecular formula is C14H20ClN3O. The zero-order chi connectivity index (χ0) is 13.8. The molecule has 104 valence electrons. The van der Waals surface area contributed by atoms with Crippen LogP contribution in [-0.2, 0) is 0 Å². The maximum absolute atomic E-state index is 12.1. The molecule has 0 unspecified atom stereocenters. The van der Waals surface area contributed by atoms with Gasteiger partial charge in [-0.2, -0.15) is 0 Å². The molecule has 0 aromatic heterocycles. The first kappa shape index (κ1) is 14.2. The fraction of sp³-hybridized carbons (Fsp3) is 0.500. The number of nitrogens with one attached hydrogen (secondary N) is 1. The summed E-state index contributed by atoms with van der Waals surface area (Å²) in [7, 11) is 2.13. The van der Waals surface area contributed by atoms with E-state index in [9.17, 15) is 4.79 Å². The van der Waals surface area contributed by atoms with E-state index in [4.69, 9.17) is 17.3 Å². The molecule has 4 nitrogen and oxygen atoms in total. The second-order valence-corrected chi connectivity index (χ2v) is 5.56. The van der Waals surface area contributed by atoms with Gasteiger partial charge in [0.2, 0.25) is 0 Å². The molecule has 1 aliphatic rings. The smallest absolute Gasteiger partial charge is 0.253 e. The van der Waals surface area contributed by atoms with E-state index in [1.807, 2.05) is 0 Å². The highest BCUT2D eigenvalue weighted by Gasteiger charge is 2.18. The normalized spacial score (nSPS) is 17.4. The number of para-hydroxylation sites is 1. The highest BCUT2D eigenvalue weighted by molar-refractivity contribution is 6.33. The summed E-state index contributed by atoms with van der Waals surface area (Å²) in [5.74, 6) is 0.416. The fourth-order valence-corrected chi connectivity index (χ4v) is 2.51. The van der Waals surface area contributed by atoms with Gasteiger partial charge in [-0.05, 0) is 51.0 Å². The molecule has 0 aliphatic carbocycles. The van der Waals surface area contributed by atoms with Crippen molar-refractivity contribution in [2.45, 2.75) is 12.8 Å². The standard InChI is InChI=1S/C14H20ClN3O/c1-18-7-5-10(6-8-18)9-17-14(19)11-3-2-4-12(15)13(11)16/h2-4,10H,5-9,16H2,1H3,(H,17,19). The molecule has 0 atom stereocenters. The number of halogens is 1. The van der Waals surface area contributed by atoms with Gasteiger partial charge in [-0.25, -0.2) is 0 Å². The zero-order valence-electron chi connectivity index (χ0n) is 11.2. The monoisotopic (exact) mass is 281 g/mol. The van der Waals surface area contributed by atoms with Gasteiger partial charge in [0.05, 0.1) is 16.3 Å². The van der Waals surface area contributed by atoms with E-state index in [0.717, 1.165) is 25.9 Å². The Kier molecular flexibility index (Phi) is 4.66. The number of hydrogen-bond acceptors (Lipinski definition) is 3. The minimum absolute atomic E-state index is 0.140. The van der Waals surface area contributed by atoms with Crippen LogP contribution in [0.3, 0.4) is 0 Å². The van der Waals surface area contributed by atoms with Crippen LogP contribution < -0.4 is 11.1 Å². The van der Waals surface area contributed by atoms with Gasteiger partial charge in [0.25, 0.3) is 5.91 Å². The second kappa shape index (κ2) is 6.26. The molecule has 0 saturated carbocycles. The number of likely N-dealkylation sites (tertiary alicyclic amines) is 1. The quantitative estimate of drug-likeness (QED) is 0.833. The molecule has 1 saturated heterocycles. The van der Waals surface area contributed by atoms with Gasteiger partial charge in [-0.15, -0.1) is 0 Å². The summed E-state index contributed by atoms with van der Waals surface area (Å²) < 4.78 is 0. The molecule has 19 heavy (non-hydrogen) atoms. The summed E-state index contributed by atoms with van der Waals surface area (Å²) in [5, 5.41) is 3.38. The SMILES string of the molecule is CN1CCC(CNC(=O)c2cccc(Cl)c2N)CC1. The highest BCUT2D eigenvalue weighted by atomic mass is 35.5. The lowest BCUT2D eigenvalue weighted by Gasteiger charge is -2.29. The number of rotatable bonds is 3. The van der Waals surface area contributed by atoms with Crippen molar-refractivity contribution in [3.63, 3.8) is 0 Å². The van der Waals surface area contributed by atoms with Crippen LogP contribution in [0.2, 0.25) is 5.02 Å². The molecule has 0 bridgehead atoms. The van der Waals surface area contributed by atoms with Gasteiger partial charge in [0.15, 0.2) is 0 Å². The minimum atomic E-state index is -0.140. The molecule has 0 radical (unpaired) electrons. The molecule has 0 spiro atoms. The van der Waals surface area contributed by atoms with Crippen molar-refractivity contribution >= 4 is 23.2 Å². The zero-order valence-corrected chi connectivity index (χ0v) is 11.9. The number of benzene rings is 1. The molecule has 1 aromatic carbocycles. The molecule has 3 N–H and O–H groups in total. The van der Waals surface area contributed by atoms with E-state index in [1.54, 1.807) is 18.2 Å². The van der Waals surface area contributed by atoms with Crippen LogP contribution in [0.4, 0.5) is 5.69 Å². The van der Waals surface area contributed by atoms with Crippen LogP contribution in [0.5, 0.6) is 0 Å². The Hall–Kier alpha value is -1.26. The van der Waals surface area contributed by atoms with Gasteiger partial charge in [0, 0.05) is 6.54 Å². The molecule has 1 fully saturated rings. The van der Waals surface area contributed by atoms with Crippen molar-refractivity contribution < 1.29 is 4.79 Å². The number of piperidine rings is 1. The van der Waals surface area contributed by atoms with Gasteiger partial charge >= 0.3 is 0 Å².